The average Bonchev–Trinajstić information content (AvgIpc) is 2.15. The molecule has 1 aliphatic rings. The van der Waals surface area contributed by atoms with Crippen LogP contribution in [0.2, 0.25) is 1.41 Å². The molecule has 1 heterocycles. The van der Waals surface area contributed by atoms with E-state index in [1.54, 1.807) is 0 Å². The van der Waals surface area contributed by atoms with Crippen LogP contribution in [0, 0.1) is 0 Å². The molecule has 1 aliphatic heterocycles. The highest BCUT2D eigenvalue weighted by molar-refractivity contribution is 6.55. The van der Waals surface area contributed by atoms with Crippen molar-refractivity contribution < 1.29 is 1.41 Å². The van der Waals surface area contributed by atoms with E-state index in [4.69, 9.17) is 24.6 Å². The van der Waals surface area contributed by atoms with Gasteiger partial charge in [-0.05, 0) is 6.07 Å². The molecule has 62 valence electrons. The fraction of sp³-hybridized carbons (Fsp3) is 0. The lowest BCUT2D eigenvalue weighted by molar-refractivity contribution is 1.02. The number of hydrazine groups is 1. The summed E-state index contributed by atoms with van der Waals surface area (Å²) >= 11 is 11.7. The number of anilines is 1. The molecule has 4 heteroatoms. The lowest BCUT2D eigenvalue weighted by Gasteiger charge is -2.19. The molecular weight excluding hydrogens is 195 g/mol. The minimum absolute atomic E-state index is 0.181. The quantitative estimate of drug-likeness (QED) is 0.632. The van der Waals surface area contributed by atoms with Crippen molar-refractivity contribution in [1.82, 2.24) is 5.42 Å². The first-order valence-corrected chi connectivity index (χ1v) is 4.16. The highest BCUT2D eigenvalue weighted by Crippen LogP contribution is 2.32. The summed E-state index contributed by atoms with van der Waals surface area (Å²) in [6.45, 7) is 0. The largest absolute Gasteiger partial charge is 0.299 e. The van der Waals surface area contributed by atoms with Gasteiger partial charge in [-0.25, -0.2) is 0 Å². The Balaban J connectivity index is 2.59. The topological polar surface area (TPSA) is 24.1 Å². The fourth-order valence-corrected chi connectivity index (χ4v) is 1.39. The van der Waals surface area contributed by atoms with Crippen molar-refractivity contribution in [2.24, 2.45) is 0 Å². The van der Waals surface area contributed by atoms with Crippen LogP contribution in [0.4, 0.5) is 5.69 Å². The van der Waals surface area contributed by atoms with Crippen molar-refractivity contribution in [3.05, 3.63) is 35.0 Å². The summed E-state index contributed by atoms with van der Waals surface area (Å²) in [5, 5.41) is 0.575. The Morgan fingerprint density at radius 2 is 2.00 bits per heavy atom. The Bertz CT molecular complexity index is 378. The number of hydrogen-bond acceptors (Lipinski definition) is 2. The van der Waals surface area contributed by atoms with Gasteiger partial charge in [0.2, 0.25) is 0 Å². The van der Waals surface area contributed by atoms with Crippen molar-refractivity contribution in [3.8, 4) is 0 Å². The third-order valence-electron chi connectivity index (χ3n) is 1.62. The summed E-state index contributed by atoms with van der Waals surface area (Å²) in [6.07, 6.45) is 0. The number of nitrogens with one attached hydrogen (secondary N) is 2. The molecule has 0 bridgehead atoms. The van der Waals surface area contributed by atoms with E-state index in [0.717, 1.165) is 16.7 Å². The van der Waals surface area contributed by atoms with E-state index in [-0.39, 0.29) is 5.16 Å². The maximum Gasteiger partial charge on any atom is 0.189 e. The van der Waals surface area contributed by atoms with Crippen molar-refractivity contribution >= 4 is 33.9 Å². The summed E-state index contributed by atoms with van der Waals surface area (Å²) in [5.41, 5.74) is 5.30. The van der Waals surface area contributed by atoms with Crippen molar-refractivity contribution in [2.45, 2.75) is 0 Å². The van der Waals surface area contributed by atoms with E-state index >= 15 is 0 Å². The normalized spacial score (nSPS) is 16.8. The van der Waals surface area contributed by atoms with Gasteiger partial charge in [-0.2, -0.15) is 0 Å². The SMILES string of the molecule is [2H]N1Nc2ccccc2C(Cl)=C1Cl. The Labute approximate surface area is 81.6 Å². The first-order chi connectivity index (χ1) is 6.20. The van der Waals surface area contributed by atoms with Crippen LogP contribution in [0.3, 0.4) is 0 Å². The molecule has 0 aromatic heterocycles. The Morgan fingerprint density at radius 1 is 1.25 bits per heavy atom. The molecular formula is C8H6Cl2N2. The first-order valence-electron chi connectivity index (χ1n) is 3.85. The Kier molecular flexibility index (Phi) is 1.59. The second kappa shape index (κ2) is 2.88. The van der Waals surface area contributed by atoms with Gasteiger partial charge >= 0.3 is 0 Å². The van der Waals surface area contributed by atoms with Gasteiger partial charge in [-0.15, -0.1) is 0 Å². The van der Waals surface area contributed by atoms with Crippen LogP contribution in [0.15, 0.2) is 29.4 Å². The molecule has 0 saturated heterocycles. The molecule has 0 amide bonds. The maximum absolute atomic E-state index is 7.39. The summed E-state index contributed by atoms with van der Waals surface area (Å²) in [4.78, 5) is 0. The second-order valence-electron chi connectivity index (χ2n) is 2.37. The van der Waals surface area contributed by atoms with Gasteiger partial charge in [-0.3, -0.25) is 10.8 Å². The van der Waals surface area contributed by atoms with Crippen molar-refractivity contribution in [3.63, 3.8) is 0 Å². The van der Waals surface area contributed by atoms with Gasteiger partial charge in [0.15, 0.2) is 1.41 Å². The Hall–Kier alpha value is -0.860. The van der Waals surface area contributed by atoms with Crippen LogP contribution >= 0.6 is 23.2 Å². The molecule has 2 nitrogen and oxygen atoms in total. The third kappa shape index (κ3) is 1.13. The minimum Gasteiger partial charge on any atom is -0.299 e. The van der Waals surface area contributed by atoms with Gasteiger partial charge in [0.1, 0.15) is 5.16 Å². The summed E-state index contributed by atoms with van der Waals surface area (Å²) in [7, 11) is 0. The predicted octanol–water partition coefficient (Wildman–Crippen LogP) is 2.72. The molecule has 0 spiro atoms. The van der Waals surface area contributed by atoms with Crippen LogP contribution in [0.1, 0.15) is 5.56 Å². The lowest BCUT2D eigenvalue weighted by atomic mass is 10.1. The smallest absolute Gasteiger partial charge is 0.189 e. The molecule has 2 rings (SSSR count). The monoisotopic (exact) mass is 201 g/mol. The highest BCUT2D eigenvalue weighted by atomic mass is 35.5. The summed E-state index contributed by atoms with van der Waals surface area (Å²) in [6, 6.07) is 7.42. The van der Waals surface area contributed by atoms with Gasteiger partial charge in [0.05, 0.1) is 10.7 Å². The molecule has 0 atom stereocenters. The molecule has 0 fully saturated rings. The van der Waals surface area contributed by atoms with Crippen molar-refractivity contribution in [2.75, 3.05) is 5.43 Å². The minimum atomic E-state index is 0.181. The molecule has 1 aromatic carbocycles. The molecule has 0 aliphatic carbocycles. The summed E-state index contributed by atoms with van der Waals surface area (Å²) < 4.78 is 7.39. The first kappa shape index (κ1) is 6.63. The van der Waals surface area contributed by atoms with Crippen LogP contribution in [0.25, 0.3) is 5.03 Å². The van der Waals surface area contributed by atoms with Crippen LogP contribution < -0.4 is 10.8 Å². The number of fused-ring (bicyclic) bond motifs is 1. The maximum atomic E-state index is 7.39. The zero-order valence-electron chi connectivity index (χ0n) is 7.01. The van der Waals surface area contributed by atoms with E-state index in [2.05, 4.69) is 5.43 Å². The molecule has 0 saturated carbocycles. The Morgan fingerprint density at radius 3 is 2.83 bits per heavy atom. The third-order valence-corrected chi connectivity index (χ3v) is 2.37. The zero-order chi connectivity index (χ0) is 9.42. The average molecular weight is 202 g/mol. The highest BCUT2D eigenvalue weighted by Gasteiger charge is 2.13. The number of benzene rings is 1. The number of halogens is 2. The van der Waals surface area contributed by atoms with Gasteiger partial charge in [0.25, 0.3) is 0 Å². The fourth-order valence-electron chi connectivity index (χ4n) is 1.04. The number of hydrogen-bond donors (Lipinski definition) is 2. The van der Waals surface area contributed by atoms with Crippen LogP contribution in [0.5, 0.6) is 0 Å². The number of rotatable bonds is 0. The zero-order valence-corrected chi connectivity index (χ0v) is 7.52. The van der Waals surface area contributed by atoms with Crippen molar-refractivity contribution in [1.29, 1.82) is 0 Å². The van der Waals surface area contributed by atoms with E-state index in [1.807, 2.05) is 24.3 Å². The molecule has 1 aromatic rings. The predicted molar refractivity (Wildman–Crippen MR) is 51.8 cm³/mol. The van der Waals surface area contributed by atoms with Gasteiger partial charge in [-0.1, -0.05) is 41.4 Å². The molecule has 2 N–H and O–H groups in total. The van der Waals surface area contributed by atoms with Crippen LogP contribution in [-0.4, -0.2) is 0 Å². The lowest BCUT2D eigenvalue weighted by Crippen LogP contribution is -2.23. The van der Waals surface area contributed by atoms with Crippen LogP contribution in [-0.2, 0) is 0 Å². The van der Waals surface area contributed by atoms with E-state index in [9.17, 15) is 0 Å². The molecule has 12 heavy (non-hydrogen) atoms. The van der Waals surface area contributed by atoms with E-state index in [0.29, 0.717) is 5.03 Å². The van der Waals surface area contributed by atoms with Gasteiger partial charge in [0, 0.05) is 5.56 Å². The molecule has 0 radical (unpaired) electrons. The standard InChI is InChI=1S/C8H6Cl2N2/c9-7-5-3-1-2-4-6(5)11-12-8(7)10/h1-4,11-12H/i/hD. The summed E-state index contributed by atoms with van der Waals surface area (Å²) in [5.74, 6) is 0. The van der Waals surface area contributed by atoms with E-state index < -0.39 is 0 Å². The van der Waals surface area contributed by atoms with E-state index in [1.165, 1.54) is 0 Å². The second-order valence-corrected chi connectivity index (χ2v) is 3.11. The number of para-hydroxylation sites is 1. The molecule has 0 unspecified atom stereocenters. The van der Waals surface area contributed by atoms with Gasteiger partial charge < -0.3 is 0 Å².